The van der Waals surface area contributed by atoms with Crippen molar-refractivity contribution < 1.29 is 19.1 Å². The van der Waals surface area contributed by atoms with Crippen molar-refractivity contribution in [3.63, 3.8) is 0 Å². The molecule has 158 valence electrons. The smallest absolute Gasteiger partial charge is 0.251 e. The van der Waals surface area contributed by atoms with Gasteiger partial charge >= 0.3 is 0 Å². The minimum Gasteiger partial charge on any atom is -0.490 e. The summed E-state index contributed by atoms with van der Waals surface area (Å²) in [5.74, 6) is 0.709. The predicted molar refractivity (Wildman–Crippen MR) is 113 cm³/mol. The standard InChI is InChI=1S/C24H28N2O4/c1-29-17-22(27)26-15-11-21(12-16-26)30-20-9-7-18(8-10-20)23(28)25-24(13-14-24)19-5-3-2-4-6-19/h2-10,21H,11-17H2,1H3,(H,25,28). The number of carbonyl (C=O) groups excluding carboxylic acids is 2. The summed E-state index contributed by atoms with van der Waals surface area (Å²) in [6.45, 7) is 1.48. The molecule has 2 amide bonds. The number of nitrogens with one attached hydrogen (secondary N) is 1. The number of hydrogen-bond acceptors (Lipinski definition) is 4. The van der Waals surface area contributed by atoms with Crippen LogP contribution in [0.1, 0.15) is 41.6 Å². The summed E-state index contributed by atoms with van der Waals surface area (Å²) in [5, 5.41) is 3.20. The number of methoxy groups -OCH3 is 1. The third-order valence-corrected chi connectivity index (χ3v) is 5.91. The molecule has 0 unspecified atom stereocenters. The molecule has 2 aromatic carbocycles. The van der Waals surface area contributed by atoms with Crippen molar-refractivity contribution in [3.05, 3.63) is 65.7 Å². The Morgan fingerprint density at radius 3 is 2.30 bits per heavy atom. The van der Waals surface area contributed by atoms with Crippen LogP contribution in [0.3, 0.4) is 0 Å². The normalized spacial score (nSPS) is 18.0. The molecule has 0 aromatic heterocycles. The molecule has 1 heterocycles. The molecule has 0 spiro atoms. The topological polar surface area (TPSA) is 67.9 Å². The summed E-state index contributed by atoms with van der Waals surface area (Å²) in [4.78, 5) is 26.4. The number of benzene rings is 2. The molecule has 2 aliphatic rings. The number of nitrogens with zero attached hydrogens (tertiary/aromatic N) is 1. The van der Waals surface area contributed by atoms with Gasteiger partial charge in [0.2, 0.25) is 5.91 Å². The fraction of sp³-hybridized carbons (Fsp3) is 0.417. The van der Waals surface area contributed by atoms with E-state index in [4.69, 9.17) is 9.47 Å². The fourth-order valence-corrected chi connectivity index (χ4v) is 3.97. The molecule has 1 N–H and O–H groups in total. The number of hydrogen-bond donors (Lipinski definition) is 1. The molecule has 2 fully saturated rings. The van der Waals surface area contributed by atoms with E-state index >= 15 is 0 Å². The molecule has 30 heavy (non-hydrogen) atoms. The molecule has 6 nitrogen and oxygen atoms in total. The van der Waals surface area contributed by atoms with Crippen molar-refractivity contribution in [1.29, 1.82) is 0 Å². The zero-order valence-corrected chi connectivity index (χ0v) is 17.3. The predicted octanol–water partition coefficient (Wildman–Crippen LogP) is 3.12. The van der Waals surface area contributed by atoms with Gasteiger partial charge < -0.3 is 19.7 Å². The van der Waals surface area contributed by atoms with Crippen LogP contribution in [0.4, 0.5) is 0 Å². The first-order chi connectivity index (χ1) is 14.6. The van der Waals surface area contributed by atoms with E-state index in [-0.39, 0.29) is 30.1 Å². The first-order valence-corrected chi connectivity index (χ1v) is 10.5. The number of amides is 2. The first-order valence-electron chi connectivity index (χ1n) is 10.5. The summed E-state index contributed by atoms with van der Waals surface area (Å²) in [6.07, 6.45) is 3.59. The van der Waals surface area contributed by atoms with Crippen LogP contribution < -0.4 is 10.1 Å². The summed E-state index contributed by atoms with van der Waals surface area (Å²) in [7, 11) is 1.53. The lowest BCUT2D eigenvalue weighted by molar-refractivity contribution is -0.136. The van der Waals surface area contributed by atoms with Crippen LogP contribution in [0.25, 0.3) is 0 Å². The van der Waals surface area contributed by atoms with Crippen LogP contribution in [0, 0.1) is 0 Å². The average molecular weight is 408 g/mol. The molecule has 6 heteroatoms. The Morgan fingerprint density at radius 1 is 1.03 bits per heavy atom. The summed E-state index contributed by atoms with van der Waals surface area (Å²) in [6, 6.07) is 17.4. The number of piperidine rings is 1. The van der Waals surface area contributed by atoms with Crippen LogP contribution in [0.2, 0.25) is 0 Å². The highest BCUT2D eigenvalue weighted by molar-refractivity contribution is 5.95. The van der Waals surface area contributed by atoms with E-state index in [0.29, 0.717) is 18.7 Å². The lowest BCUT2D eigenvalue weighted by Crippen LogP contribution is -2.43. The van der Waals surface area contributed by atoms with Gasteiger partial charge in [0, 0.05) is 38.6 Å². The quantitative estimate of drug-likeness (QED) is 0.764. The van der Waals surface area contributed by atoms with Gasteiger partial charge in [-0.15, -0.1) is 0 Å². The Balaban J connectivity index is 1.29. The molecule has 2 aromatic rings. The highest BCUT2D eigenvalue weighted by Gasteiger charge is 2.45. The van der Waals surface area contributed by atoms with Gasteiger partial charge in [-0.3, -0.25) is 9.59 Å². The Morgan fingerprint density at radius 2 is 1.70 bits per heavy atom. The van der Waals surface area contributed by atoms with Gasteiger partial charge in [0.15, 0.2) is 0 Å². The van der Waals surface area contributed by atoms with E-state index in [0.717, 1.165) is 37.0 Å². The molecule has 0 atom stereocenters. The van der Waals surface area contributed by atoms with E-state index in [1.165, 1.54) is 7.11 Å². The zero-order chi connectivity index (χ0) is 21.0. The number of ether oxygens (including phenoxy) is 2. The lowest BCUT2D eigenvalue weighted by atomic mass is 10.0. The molecule has 1 aliphatic heterocycles. The van der Waals surface area contributed by atoms with Crippen LogP contribution in [0.5, 0.6) is 5.75 Å². The van der Waals surface area contributed by atoms with Crippen molar-refractivity contribution in [1.82, 2.24) is 10.2 Å². The maximum absolute atomic E-state index is 12.7. The fourth-order valence-electron chi connectivity index (χ4n) is 3.97. The van der Waals surface area contributed by atoms with Gasteiger partial charge in [-0.25, -0.2) is 0 Å². The number of carbonyl (C=O) groups is 2. The van der Waals surface area contributed by atoms with Crippen molar-refractivity contribution >= 4 is 11.8 Å². The van der Waals surface area contributed by atoms with E-state index in [2.05, 4.69) is 17.4 Å². The third-order valence-electron chi connectivity index (χ3n) is 5.91. The van der Waals surface area contributed by atoms with Crippen molar-refractivity contribution in [2.45, 2.75) is 37.3 Å². The van der Waals surface area contributed by atoms with Crippen molar-refractivity contribution in [3.8, 4) is 5.75 Å². The van der Waals surface area contributed by atoms with Gasteiger partial charge in [-0.05, 0) is 42.7 Å². The van der Waals surface area contributed by atoms with Crippen LogP contribution >= 0.6 is 0 Å². The maximum atomic E-state index is 12.7. The largest absolute Gasteiger partial charge is 0.490 e. The van der Waals surface area contributed by atoms with Crippen molar-refractivity contribution in [2.75, 3.05) is 26.8 Å². The highest BCUT2D eigenvalue weighted by atomic mass is 16.5. The molecule has 0 radical (unpaired) electrons. The molecule has 0 bridgehead atoms. The second-order valence-corrected chi connectivity index (χ2v) is 8.06. The summed E-state index contributed by atoms with van der Waals surface area (Å²) >= 11 is 0. The number of likely N-dealkylation sites (tertiary alicyclic amines) is 1. The molecule has 1 aliphatic carbocycles. The van der Waals surface area contributed by atoms with Crippen LogP contribution in [-0.4, -0.2) is 49.6 Å². The second-order valence-electron chi connectivity index (χ2n) is 8.06. The first kappa shape index (κ1) is 20.4. The monoisotopic (exact) mass is 408 g/mol. The number of rotatable bonds is 7. The van der Waals surface area contributed by atoms with E-state index in [1.807, 2.05) is 47.4 Å². The minimum absolute atomic E-state index is 0.0234. The Kier molecular flexibility index (Phi) is 6.04. The third kappa shape index (κ3) is 4.65. The summed E-state index contributed by atoms with van der Waals surface area (Å²) in [5.41, 5.74) is 1.57. The van der Waals surface area contributed by atoms with E-state index in [1.54, 1.807) is 0 Å². The van der Waals surface area contributed by atoms with Crippen LogP contribution in [0.15, 0.2) is 54.6 Å². The SMILES string of the molecule is COCC(=O)N1CCC(Oc2ccc(C(=O)NC3(c4ccccc4)CC3)cc2)CC1. The van der Waals surface area contributed by atoms with Crippen LogP contribution in [-0.2, 0) is 15.1 Å². The Hall–Kier alpha value is -2.86. The van der Waals surface area contributed by atoms with E-state index in [9.17, 15) is 9.59 Å². The molecule has 4 rings (SSSR count). The highest BCUT2D eigenvalue weighted by Crippen LogP contribution is 2.45. The van der Waals surface area contributed by atoms with Gasteiger partial charge in [0.25, 0.3) is 5.91 Å². The summed E-state index contributed by atoms with van der Waals surface area (Å²) < 4.78 is 11.0. The Bertz CT molecular complexity index is 870. The van der Waals surface area contributed by atoms with Gasteiger partial charge in [0.1, 0.15) is 18.5 Å². The van der Waals surface area contributed by atoms with E-state index < -0.39 is 0 Å². The molecular formula is C24H28N2O4. The molecular weight excluding hydrogens is 380 g/mol. The van der Waals surface area contributed by atoms with Gasteiger partial charge in [0.05, 0.1) is 5.54 Å². The van der Waals surface area contributed by atoms with Crippen molar-refractivity contribution in [2.24, 2.45) is 0 Å². The molecule has 1 saturated heterocycles. The lowest BCUT2D eigenvalue weighted by Gasteiger charge is -2.32. The Labute approximate surface area is 177 Å². The second kappa shape index (κ2) is 8.88. The molecule has 1 saturated carbocycles. The minimum atomic E-state index is -0.220. The van der Waals surface area contributed by atoms with Gasteiger partial charge in [-0.1, -0.05) is 30.3 Å². The van der Waals surface area contributed by atoms with Gasteiger partial charge in [-0.2, -0.15) is 0 Å². The zero-order valence-electron chi connectivity index (χ0n) is 17.3. The maximum Gasteiger partial charge on any atom is 0.251 e. The average Bonchev–Trinajstić information content (AvgIpc) is 3.56.